The number of benzene rings is 2. The van der Waals surface area contributed by atoms with E-state index in [-0.39, 0.29) is 29.4 Å². The Morgan fingerprint density at radius 2 is 1.68 bits per heavy atom. The molecule has 0 atom stereocenters. The fourth-order valence-corrected chi connectivity index (χ4v) is 3.51. The first kappa shape index (κ1) is 19.8. The van der Waals surface area contributed by atoms with E-state index in [1.165, 1.54) is 25.2 Å². The maximum Gasteiger partial charge on any atom is 0.287 e. The van der Waals surface area contributed by atoms with Crippen molar-refractivity contribution in [3.63, 3.8) is 0 Å². The summed E-state index contributed by atoms with van der Waals surface area (Å²) in [6, 6.07) is 16.1. The second-order valence-corrected chi connectivity index (χ2v) is 7.98. The van der Waals surface area contributed by atoms with Crippen LogP contribution in [0.2, 0.25) is 0 Å². The fourth-order valence-electron chi connectivity index (χ4n) is 2.68. The Balaban J connectivity index is 1.71. The summed E-state index contributed by atoms with van der Waals surface area (Å²) in [5, 5.41) is 2.70. The average Bonchev–Trinajstić information content (AvgIpc) is 3.17. The standard InChI is InChI=1S/C20H19FN2O4S/c1-22-28(25,26)13-15-7-3-2-6-14(15)12-23-20(24)19-11-10-18(27-19)16-8-4-5-9-17(16)21/h2-11,22H,12-13H2,1H3,(H,23,24). The van der Waals surface area contributed by atoms with Crippen LogP contribution in [0.15, 0.2) is 65.1 Å². The fraction of sp³-hybridized carbons (Fsp3) is 0.150. The van der Waals surface area contributed by atoms with Gasteiger partial charge in [0.1, 0.15) is 11.6 Å². The van der Waals surface area contributed by atoms with Crippen LogP contribution in [0.4, 0.5) is 4.39 Å². The van der Waals surface area contributed by atoms with Crippen LogP contribution in [0.1, 0.15) is 21.7 Å². The lowest BCUT2D eigenvalue weighted by Gasteiger charge is -2.10. The van der Waals surface area contributed by atoms with Crippen molar-refractivity contribution in [2.24, 2.45) is 0 Å². The molecule has 146 valence electrons. The normalized spacial score (nSPS) is 11.4. The van der Waals surface area contributed by atoms with Gasteiger partial charge in [0.15, 0.2) is 5.76 Å². The minimum absolute atomic E-state index is 0.0404. The maximum atomic E-state index is 13.8. The monoisotopic (exact) mass is 402 g/mol. The molecule has 0 bridgehead atoms. The Kier molecular flexibility index (Phi) is 5.91. The van der Waals surface area contributed by atoms with E-state index < -0.39 is 21.7 Å². The Morgan fingerprint density at radius 1 is 1.00 bits per heavy atom. The Morgan fingerprint density at radius 3 is 2.39 bits per heavy atom. The third-order valence-corrected chi connectivity index (χ3v) is 5.50. The van der Waals surface area contributed by atoms with Crippen LogP contribution in [0.25, 0.3) is 11.3 Å². The van der Waals surface area contributed by atoms with Gasteiger partial charge in [-0.15, -0.1) is 0 Å². The van der Waals surface area contributed by atoms with Crippen molar-refractivity contribution in [2.75, 3.05) is 7.05 Å². The number of hydrogen-bond donors (Lipinski definition) is 2. The maximum absolute atomic E-state index is 13.8. The highest BCUT2D eigenvalue weighted by Crippen LogP contribution is 2.24. The minimum Gasteiger partial charge on any atom is -0.451 e. The van der Waals surface area contributed by atoms with Crippen molar-refractivity contribution >= 4 is 15.9 Å². The van der Waals surface area contributed by atoms with Crippen molar-refractivity contribution in [1.29, 1.82) is 0 Å². The van der Waals surface area contributed by atoms with E-state index in [2.05, 4.69) is 10.0 Å². The number of sulfonamides is 1. The third kappa shape index (κ3) is 4.65. The first-order valence-corrected chi connectivity index (χ1v) is 10.2. The summed E-state index contributed by atoms with van der Waals surface area (Å²) in [5.41, 5.74) is 1.53. The molecular formula is C20H19FN2O4S. The van der Waals surface area contributed by atoms with Gasteiger partial charge in [0, 0.05) is 6.54 Å². The lowest BCUT2D eigenvalue weighted by molar-refractivity contribution is 0.0924. The van der Waals surface area contributed by atoms with Crippen LogP contribution in [-0.2, 0) is 22.3 Å². The van der Waals surface area contributed by atoms with Crippen molar-refractivity contribution in [2.45, 2.75) is 12.3 Å². The smallest absolute Gasteiger partial charge is 0.287 e. The molecular weight excluding hydrogens is 383 g/mol. The van der Waals surface area contributed by atoms with Gasteiger partial charge in [0.25, 0.3) is 5.91 Å². The third-order valence-electron chi connectivity index (χ3n) is 4.18. The van der Waals surface area contributed by atoms with Crippen LogP contribution in [0, 0.1) is 5.82 Å². The second kappa shape index (κ2) is 8.37. The van der Waals surface area contributed by atoms with Crippen LogP contribution in [-0.4, -0.2) is 21.4 Å². The molecule has 0 unspecified atom stereocenters. The lowest BCUT2D eigenvalue weighted by atomic mass is 10.1. The molecule has 2 aromatic carbocycles. The first-order valence-electron chi connectivity index (χ1n) is 8.50. The summed E-state index contributed by atoms with van der Waals surface area (Å²) in [7, 11) is -2.08. The van der Waals surface area contributed by atoms with Gasteiger partial charge in [-0.3, -0.25) is 4.79 Å². The molecule has 8 heteroatoms. The Labute approximate surface area is 162 Å². The molecule has 2 N–H and O–H groups in total. The van der Waals surface area contributed by atoms with E-state index in [9.17, 15) is 17.6 Å². The Hall–Kier alpha value is -2.97. The van der Waals surface area contributed by atoms with Gasteiger partial charge in [0.2, 0.25) is 10.0 Å². The average molecular weight is 402 g/mol. The highest BCUT2D eigenvalue weighted by atomic mass is 32.2. The molecule has 1 aromatic heterocycles. The molecule has 0 aliphatic rings. The van der Waals surface area contributed by atoms with Crippen LogP contribution >= 0.6 is 0 Å². The molecule has 3 aromatic rings. The molecule has 0 fully saturated rings. The molecule has 0 aliphatic heterocycles. The number of halogens is 1. The number of nitrogens with one attached hydrogen (secondary N) is 2. The zero-order valence-corrected chi connectivity index (χ0v) is 15.9. The van der Waals surface area contributed by atoms with E-state index in [0.717, 1.165) is 0 Å². The van der Waals surface area contributed by atoms with E-state index in [1.54, 1.807) is 42.5 Å². The SMILES string of the molecule is CNS(=O)(=O)Cc1ccccc1CNC(=O)c1ccc(-c2ccccc2F)o1. The quantitative estimate of drug-likeness (QED) is 0.636. The largest absolute Gasteiger partial charge is 0.451 e. The number of rotatable bonds is 7. The molecule has 0 saturated carbocycles. The second-order valence-electron chi connectivity index (χ2n) is 6.06. The van der Waals surface area contributed by atoms with Crippen molar-refractivity contribution in [3.05, 3.63) is 83.4 Å². The molecule has 3 rings (SSSR count). The molecule has 0 spiro atoms. The molecule has 0 aliphatic carbocycles. The molecule has 0 radical (unpaired) electrons. The predicted molar refractivity (Wildman–Crippen MR) is 103 cm³/mol. The van der Waals surface area contributed by atoms with Gasteiger partial charge in [-0.05, 0) is 42.4 Å². The zero-order chi connectivity index (χ0) is 20.1. The lowest BCUT2D eigenvalue weighted by Crippen LogP contribution is -2.24. The van der Waals surface area contributed by atoms with E-state index in [1.807, 2.05) is 0 Å². The van der Waals surface area contributed by atoms with Crippen LogP contribution in [0.3, 0.4) is 0 Å². The minimum atomic E-state index is -3.43. The number of furan rings is 1. The summed E-state index contributed by atoms with van der Waals surface area (Å²) in [5.74, 6) is -0.812. The van der Waals surface area contributed by atoms with E-state index in [4.69, 9.17) is 4.42 Å². The van der Waals surface area contributed by atoms with E-state index >= 15 is 0 Å². The molecule has 1 heterocycles. The molecule has 0 saturated heterocycles. The summed E-state index contributed by atoms with van der Waals surface area (Å²) < 4.78 is 45.2. The highest BCUT2D eigenvalue weighted by Gasteiger charge is 2.16. The summed E-state index contributed by atoms with van der Waals surface area (Å²) in [4.78, 5) is 12.4. The molecule has 28 heavy (non-hydrogen) atoms. The van der Waals surface area contributed by atoms with Crippen molar-refractivity contribution in [1.82, 2.24) is 10.0 Å². The number of amides is 1. The Bertz CT molecular complexity index is 1090. The van der Waals surface area contributed by atoms with Gasteiger partial charge in [-0.1, -0.05) is 36.4 Å². The van der Waals surface area contributed by atoms with Crippen LogP contribution < -0.4 is 10.0 Å². The van der Waals surface area contributed by atoms with E-state index in [0.29, 0.717) is 11.1 Å². The van der Waals surface area contributed by atoms with Gasteiger partial charge in [-0.25, -0.2) is 17.5 Å². The number of hydrogen-bond acceptors (Lipinski definition) is 4. The first-order chi connectivity index (χ1) is 13.4. The molecule has 6 nitrogen and oxygen atoms in total. The summed E-state index contributed by atoms with van der Waals surface area (Å²) >= 11 is 0. The van der Waals surface area contributed by atoms with Gasteiger partial charge >= 0.3 is 0 Å². The van der Waals surface area contributed by atoms with Gasteiger partial charge in [-0.2, -0.15) is 0 Å². The summed E-state index contributed by atoms with van der Waals surface area (Å²) in [6.07, 6.45) is 0. The number of carbonyl (C=O) groups is 1. The van der Waals surface area contributed by atoms with Gasteiger partial charge in [0.05, 0.1) is 11.3 Å². The van der Waals surface area contributed by atoms with Crippen molar-refractivity contribution < 1.29 is 22.0 Å². The summed E-state index contributed by atoms with van der Waals surface area (Å²) in [6.45, 7) is 0.129. The topological polar surface area (TPSA) is 88.4 Å². The zero-order valence-electron chi connectivity index (χ0n) is 15.1. The van der Waals surface area contributed by atoms with Crippen molar-refractivity contribution in [3.8, 4) is 11.3 Å². The highest BCUT2D eigenvalue weighted by molar-refractivity contribution is 7.88. The predicted octanol–water partition coefficient (Wildman–Crippen LogP) is 3.06. The molecule has 1 amide bonds. The van der Waals surface area contributed by atoms with Crippen LogP contribution in [0.5, 0.6) is 0 Å². The number of carbonyl (C=O) groups excluding carboxylic acids is 1. The van der Waals surface area contributed by atoms with Gasteiger partial charge < -0.3 is 9.73 Å².